The third-order valence-corrected chi connectivity index (χ3v) is 2.99. The number of hydrogen-bond acceptors (Lipinski definition) is 1. The first-order chi connectivity index (χ1) is 7.84. The Labute approximate surface area is 101 Å². The van der Waals surface area contributed by atoms with Crippen LogP contribution in [0, 0.1) is 0 Å². The van der Waals surface area contributed by atoms with Crippen LogP contribution < -0.4 is 0 Å². The van der Waals surface area contributed by atoms with E-state index in [0.717, 1.165) is 16.0 Å². The SMILES string of the molecule is Brc1cnc(-c2cccc3ccccc23)[nH]1. The van der Waals surface area contributed by atoms with Crippen molar-refractivity contribution < 1.29 is 0 Å². The zero-order valence-electron chi connectivity index (χ0n) is 8.44. The number of aromatic nitrogens is 2. The molecule has 0 spiro atoms. The fourth-order valence-electron chi connectivity index (χ4n) is 1.87. The number of aromatic amines is 1. The summed E-state index contributed by atoms with van der Waals surface area (Å²) >= 11 is 3.38. The highest BCUT2D eigenvalue weighted by atomic mass is 79.9. The highest BCUT2D eigenvalue weighted by Gasteiger charge is 2.05. The summed E-state index contributed by atoms with van der Waals surface area (Å²) in [5, 5.41) is 2.44. The van der Waals surface area contributed by atoms with Gasteiger partial charge in [-0.25, -0.2) is 4.98 Å². The lowest BCUT2D eigenvalue weighted by molar-refractivity contribution is 1.31. The second-order valence-electron chi connectivity index (χ2n) is 3.61. The van der Waals surface area contributed by atoms with Gasteiger partial charge in [0.2, 0.25) is 0 Å². The Bertz CT molecular complexity index is 638. The molecular weight excluding hydrogens is 264 g/mol. The van der Waals surface area contributed by atoms with Crippen molar-refractivity contribution >= 4 is 26.7 Å². The minimum absolute atomic E-state index is 0.892. The largest absolute Gasteiger partial charge is 0.333 e. The lowest BCUT2D eigenvalue weighted by Gasteiger charge is -2.03. The van der Waals surface area contributed by atoms with Crippen LogP contribution in [-0.4, -0.2) is 9.97 Å². The molecule has 0 aliphatic heterocycles. The Kier molecular flexibility index (Phi) is 2.26. The molecule has 0 amide bonds. The molecular formula is C13H9BrN2. The number of rotatable bonds is 1. The fourth-order valence-corrected chi connectivity index (χ4v) is 2.16. The van der Waals surface area contributed by atoms with Gasteiger partial charge in [0.15, 0.2) is 0 Å². The number of halogens is 1. The topological polar surface area (TPSA) is 28.7 Å². The van der Waals surface area contributed by atoms with Gasteiger partial charge in [0.25, 0.3) is 0 Å². The van der Waals surface area contributed by atoms with E-state index in [0.29, 0.717) is 0 Å². The molecule has 0 aliphatic rings. The summed E-state index contributed by atoms with van der Waals surface area (Å²) in [5.41, 5.74) is 1.13. The van der Waals surface area contributed by atoms with E-state index in [1.54, 1.807) is 6.20 Å². The highest BCUT2D eigenvalue weighted by Crippen LogP contribution is 2.26. The summed E-state index contributed by atoms with van der Waals surface area (Å²) in [6.07, 6.45) is 1.77. The molecule has 0 atom stereocenters. The number of fused-ring (bicyclic) bond motifs is 1. The summed E-state index contributed by atoms with van der Waals surface area (Å²) in [6, 6.07) is 14.5. The first kappa shape index (κ1) is 9.60. The molecule has 0 bridgehead atoms. The summed E-state index contributed by atoms with van der Waals surface area (Å²) in [4.78, 5) is 7.52. The molecule has 0 aliphatic carbocycles. The van der Waals surface area contributed by atoms with E-state index in [2.05, 4.69) is 50.2 Å². The number of imidazole rings is 1. The average Bonchev–Trinajstić information content (AvgIpc) is 2.75. The van der Waals surface area contributed by atoms with E-state index in [9.17, 15) is 0 Å². The Hall–Kier alpha value is -1.61. The normalized spacial score (nSPS) is 10.8. The first-order valence-electron chi connectivity index (χ1n) is 5.03. The predicted octanol–water partition coefficient (Wildman–Crippen LogP) is 3.99. The predicted molar refractivity (Wildman–Crippen MR) is 69.2 cm³/mol. The molecule has 1 heterocycles. The van der Waals surface area contributed by atoms with E-state index in [1.165, 1.54) is 10.8 Å². The van der Waals surface area contributed by atoms with Gasteiger partial charge in [-0.05, 0) is 26.7 Å². The molecule has 78 valence electrons. The van der Waals surface area contributed by atoms with E-state index in [1.807, 2.05) is 18.2 Å². The van der Waals surface area contributed by atoms with Crippen LogP contribution in [0.4, 0.5) is 0 Å². The second-order valence-corrected chi connectivity index (χ2v) is 4.46. The molecule has 2 nitrogen and oxygen atoms in total. The fraction of sp³-hybridized carbons (Fsp3) is 0. The van der Waals surface area contributed by atoms with Gasteiger partial charge in [-0.3, -0.25) is 0 Å². The monoisotopic (exact) mass is 272 g/mol. The van der Waals surface area contributed by atoms with Crippen LogP contribution in [0.2, 0.25) is 0 Å². The molecule has 0 fully saturated rings. The van der Waals surface area contributed by atoms with E-state index < -0.39 is 0 Å². The standard InChI is InChI=1S/C13H9BrN2/c14-12-8-15-13(16-12)11-7-3-5-9-4-1-2-6-10(9)11/h1-8H,(H,15,16). The van der Waals surface area contributed by atoms with Gasteiger partial charge in [-0.2, -0.15) is 0 Å². The summed E-state index contributed by atoms with van der Waals surface area (Å²) < 4.78 is 0.899. The van der Waals surface area contributed by atoms with Crippen LogP contribution in [0.3, 0.4) is 0 Å². The van der Waals surface area contributed by atoms with Crippen molar-refractivity contribution in [1.29, 1.82) is 0 Å². The van der Waals surface area contributed by atoms with Gasteiger partial charge in [-0.1, -0.05) is 42.5 Å². The number of benzene rings is 2. The molecule has 1 aromatic heterocycles. The van der Waals surface area contributed by atoms with Crippen LogP contribution in [0.1, 0.15) is 0 Å². The maximum Gasteiger partial charge on any atom is 0.138 e. The maximum atomic E-state index is 4.33. The van der Waals surface area contributed by atoms with E-state index in [-0.39, 0.29) is 0 Å². The Morgan fingerprint density at radius 1 is 1.00 bits per heavy atom. The number of nitrogens with one attached hydrogen (secondary N) is 1. The number of hydrogen-bond donors (Lipinski definition) is 1. The molecule has 1 N–H and O–H groups in total. The van der Waals surface area contributed by atoms with Gasteiger partial charge in [-0.15, -0.1) is 0 Å². The Balaban J connectivity index is 2.31. The molecule has 3 heteroatoms. The molecule has 0 radical (unpaired) electrons. The molecule has 16 heavy (non-hydrogen) atoms. The highest BCUT2D eigenvalue weighted by molar-refractivity contribution is 9.10. The van der Waals surface area contributed by atoms with Gasteiger partial charge in [0.05, 0.1) is 6.20 Å². The van der Waals surface area contributed by atoms with Crippen molar-refractivity contribution in [3.8, 4) is 11.4 Å². The molecule has 3 rings (SSSR count). The van der Waals surface area contributed by atoms with Crippen LogP contribution >= 0.6 is 15.9 Å². The van der Waals surface area contributed by atoms with Crippen LogP contribution in [-0.2, 0) is 0 Å². The van der Waals surface area contributed by atoms with Gasteiger partial charge >= 0.3 is 0 Å². The Morgan fingerprint density at radius 3 is 2.62 bits per heavy atom. The quantitative estimate of drug-likeness (QED) is 0.713. The smallest absolute Gasteiger partial charge is 0.138 e. The second kappa shape index (κ2) is 3.76. The Morgan fingerprint density at radius 2 is 1.81 bits per heavy atom. The lowest BCUT2D eigenvalue weighted by atomic mass is 10.0. The molecule has 0 saturated carbocycles. The average molecular weight is 273 g/mol. The van der Waals surface area contributed by atoms with E-state index >= 15 is 0 Å². The van der Waals surface area contributed by atoms with Crippen molar-refractivity contribution in [2.75, 3.05) is 0 Å². The van der Waals surface area contributed by atoms with Crippen molar-refractivity contribution in [3.05, 3.63) is 53.3 Å². The zero-order valence-corrected chi connectivity index (χ0v) is 10.0. The van der Waals surface area contributed by atoms with Crippen molar-refractivity contribution in [2.24, 2.45) is 0 Å². The lowest BCUT2D eigenvalue weighted by Crippen LogP contribution is -1.82. The van der Waals surface area contributed by atoms with Gasteiger partial charge in [0.1, 0.15) is 10.4 Å². The third-order valence-electron chi connectivity index (χ3n) is 2.59. The molecule has 0 unspecified atom stereocenters. The number of nitrogens with zero attached hydrogens (tertiary/aromatic N) is 1. The zero-order chi connectivity index (χ0) is 11.0. The third kappa shape index (κ3) is 1.53. The minimum atomic E-state index is 0.892. The summed E-state index contributed by atoms with van der Waals surface area (Å²) in [7, 11) is 0. The molecule has 3 aromatic rings. The first-order valence-corrected chi connectivity index (χ1v) is 5.82. The van der Waals surface area contributed by atoms with Gasteiger partial charge in [0, 0.05) is 5.56 Å². The van der Waals surface area contributed by atoms with Crippen molar-refractivity contribution in [3.63, 3.8) is 0 Å². The van der Waals surface area contributed by atoms with E-state index in [4.69, 9.17) is 0 Å². The minimum Gasteiger partial charge on any atom is -0.333 e. The van der Waals surface area contributed by atoms with Gasteiger partial charge < -0.3 is 4.98 Å². The maximum absolute atomic E-state index is 4.33. The molecule has 2 aromatic carbocycles. The van der Waals surface area contributed by atoms with Crippen LogP contribution in [0.5, 0.6) is 0 Å². The van der Waals surface area contributed by atoms with Crippen molar-refractivity contribution in [1.82, 2.24) is 9.97 Å². The molecule has 0 saturated heterocycles. The van der Waals surface area contributed by atoms with Crippen LogP contribution in [0.25, 0.3) is 22.2 Å². The van der Waals surface area contributed by atoms with Crippen LogP contribution in [0.15, 0.2) is 53.3 Å². The van der Waals surface area contributed by atoms with Crippen molar-refractivity contribution in [2.45, 2.75) is 0 Å². The summed E-state index contributed by atoms with van der Waals surface area (Å²) in [6.45, 7) is 0. The number of H-pyrrole nitrogens is 1. The summed E-state index contributed by atoms with van der Waals surface area (Å²) in [5.74, 6) is 0.892.